The summed E-state index contributed by atoms with van der Waals surface area (Å²) in [6, 6.07) is 5.80. The van der Waals surface area contributed by atoms with Crippen molar-refractivity contribution >= 4 is 21.8 Å². The standard InChI is InChI=1S/C13H16BrNO2/c1-9-3-4-11(14)7-12(9)13(16)15-5-6-17-10(2)8-15/h3-4,7,10H,5-6,8H2,1-2H3. The largest absolute Gasteiger partial charge is 0.375 e. The first kappa shape index (κ1) is 12.6. The van der Waals surface area contributed by atoms with Crippen molar-refractivity contribution in [1.82, 2.24) is 4.90 Å². The molecule has 0 spiro atoms. The molecule has 2 rings (SSSR count). The molecule has 4 heteroatoms. The molecule has 1 fully saturated rings. The smallest absolute Gasteiger partial charge is 0.254 e. The maximum atomic E-state index is 12.4. The van der Waals surface area contributed by atoms with Gasteiger partial charge in [0, 0.05) is 23.1 Å². The number of amides is 1. The second kappa shape index (κ2) is 5.19. The monoisotopic (exact) mass is 297 g/mol. The third kappa shape index (κ3) is 2.87. The quantitative estimate of drug-likeness (QED) is 0.797. The average molecular weight is 298 g/mol. The second-order valence-corrected chi connectivity index (χ2v) is 5.31. The molecule has 1 aromatic carbocycles. The van der Waals surface area contributed by atoms with Gasteiger partial charge in [0.1, 0.15) is 0 Å². The zero-order valence-electron chi connectivity index (χ0n) is 10.1. The minimum absolute atomic E-state index is 0.0963. The normalized spacial score (nSPS) is 20.4. The Morgan fingerprint density at radius 1 is 1.53 bits per heavy atom. The molecule has 1 atom stereocenters. The van der Waals surface area contributed by atoms with Crippen LogP contribution < -0.4 is 0 Å². The average Bonchev–Trinajstić information content (AvgIpc) is 2.31. The number of rotatable bonds is 1. The van der Waals surface area contributed by atoms with Crippen molar-refractivity contribution in [3.05, 3.63) is 33.8 Å². The SMILES string of the molecule is Cc1ccc(Br)cc1C(=O)N1CCOC(C)C1. The molecule has 1 saturated heterocycles. The first-order valence-corrected chi connectivity index (χ1v) is 6.54. The van der Waals surface area contributed by atoms with Gasteiger partial charge in [-0.1, -0.05) is 22.0 Å². The van der Waals surface area contributed by atoms with Crippen molar-refractivity contribution in [2.24, 2.45) is 0 Å². The van der Waals surface area contributed by atoms with E-state index in [9.17, 15) is 4.79 Å². The van der Waals surface area contributed by atoms with Gasteiger partial charge in [-0.25, -0.2) is 0 Å². The molecule has 92 valence electrons. The highest BCUT2D eigenvalue weighted by atomic mass is 79.9. The van der Waals surface area contributed by atoms with E-state index in [1.54, 1.807) is 0 Å². The molecular weight excluding hydrogens is 282 g/mol. The van der Waals surface area contributed by atoms with Crippen LogP contribution in [0.4, 0.5) is 0 Å². The third-order valence-electron chi connectivity index (χ3n) is 2.96. The molecule has 0 aliphatic carbocycles. The van der Waals surface area contributed by atoms with E-state index in [0.29, 0.717) is 19.7 Å². The predicted molar refractivity (Wildman–Crippen MR) is 70.2 cm³/mol. The Hall–Kier alpha value is -0.870. The van der Waals surface area contributed by atoms with Crippen LogP contribution in [-0.4, -0.2) is 36.6 Å². The van der Waals surface area contributed by atoms with Crippen LogP contribution in [-0.2, 0) is 4.74 Å². The first-order valence-electron chi connectivity index (χ1n) is 5.75. The van der Waals surface area contributed by atoms with Crippen LogP contribution in [0, 0.1) is 6.92 Å². The molecular formula is C13H16BrNO2. The molecule has 3 nitrogen and oxygen atoms in total. The number of halogens is 1. The van der Waals surface area contributed by atoms with Gasteiger partial charge in [0.05, 0.1) is 12.7 Å². The Morgan fingerprint density at radius 2 is 2.29 bits per heavy atom. The third-order valence-corrected chi connectivity index (χ3v) is 3.45. The lowest BCUT2D eigenvalue weighted by Crippen LogP contribution is -2.44. The van der Waals surface area contributed by atoms with Crippen LogP contribution in [0.5, 0.6) is 0 Å². The maximum Gasteiger partial charge on any atom is 0.254 e. The van der Waals surface area contributed by atoms with E-state index in [4.69, 9.17) is 4.74 Å². The summed E-state index contributed by atoms with van der Waals surface area (Å²) in [5.74, 6) is 0.0963. The van der Waals surface area contributed by atoms with Crippen LogP contribution in [0.1, 0.15) is 22.8 Å². The fourth-order valence-corrected chi connectivity index (χ4v) is 2.36. The summed E-state index contributed by atoms with van der Waals surface area (Å²) >= 11 is 3.41. The van der Waals surface area contributed by atoms with Crippen molar-refractivity contribution in [3.8, 4) is 0 Å². The summed E-state index contributed by atoms with van der Waals surface area (Å²) in [5, 5.41) is 0. The van der Waals surface area contributed by atoms with Gasteiger partial charge in [-0.05, 0) is 31.5 Å². The molecule has 0 N–H and O–H groups in total. The molecule has 0 aromatic heterocycles. The second-order valence-electron chi connectivity index (χ2n) is 4.39. The summed E-state index contributed by atoms with van der Waals surface area (Å²) in [4.78, 5) is 14.2. The van der Waals surface area contributed by atoms with E-state index in [2.05, 4.69) is 15.9 Å². The molecule has 0 radical (unpaired) electrons. The fourth-order valence-electron chi connectivity index (χ4n) is 2.00. The van der Waals surface area contributed by atoms with Crippen molar-refractivity contribution < 1.29 is 9.53 Å². The molecule has 1 unspecified atom stereocenters. The number of morpholine rings is 1. The van der Waals surface area contributed by atoms with Gasteiger partial charge in [0.25, 0.3) is 5.91 Å². The molecule has 1 amide bonds. The van der Waals surface area contributed by atoms with Crippen molar-refractivity contribution in [1.29, 1.82) is 0 Å². The number of carbonyl (C=O) groups is 1. The number of hydrogen-bond donors (Lipinski definition) is 0. The minimum atomic E-state index is 0.0963. The lowest BCUT2D eigenvalue weighted by atomic mass is 10.1. The first-order chi connectivity index (χ1) is 8.08. The summed E-state index contributed by atoms with van der Waals surface area (Å²) in [6.45, 7) is 5.93. The van der Waals surface area contributed by atoms with Crippen LogP contribution in [0.15, 0.2) is 22.7 Å². The summed E-state index contributed by atoms with van der Waals surface area (Å²) in [6.07, 6.45) is 0.125. The van der Waals surface area contributed by atoms with E-state index >= 15 is 0 Å². The molecule has 1 aliphatic heterocycles. The number of carbonyl (C=O) groups excluding carboxylic acids is 1. The van der Waals surface area contributed by atoms with Crippen molar-refractivity contribution in [2.75, 3.05) is 19.7 Å². The van der Waals surface area contributed by atoms with E-state index in [-0.39, 0.29) is 12.0 Å². The van der Waals surface area contributed by atoms with Gasteiger partial charge < -0.3 is 9.64 Å². The van der Waals surface area contributed by atoms with Gasteiger partial charge >= 0.3 is 0 Å². The zero-order chi connectivity index (χ0) is 12.4. The van der Waals surface area contributed by atoms with E-state index in [1.807, 2.05) is 36.9 Å². The Bertz CT molecular complexity index is 433. The van der Waals surface area contributed by atoms with Crippen LogP contribution in [0.25, 0.3) is 0 Å². The highest BCUT2D eigenvalue weighted by Crippen LogP contribution is 2.19. The predicted octanol–water partition coefficient (Wildman–Crippen LogP) is 2.62. The topological polar surface area (TPSA) is 29.5 Å². The van der Waals surface area contributed by atoms with Crippen LogP contribution >= 0.6 is 15.9 Å². The Morgan fingerprint density at radius 3 is 3.00 bits per heavy atom. The van der Waals surface area contributed by atoms with Gasteiger partial charge in [-0.2, -0.15) is 0 Å². The van der Waals surface area contributed by atoms with Crippen LogP contribution in [0.2, 0.25) is 0 Å². The molecule has 1 heterocycles. The minimum Gasteiger partial charge on any atom is -0.375 e. The maximum absolute atomic E-state index is 12.4. The number of nitrogens with zero attached hydrogens (tertiary/aromatic N) is 1. The summed E-state index contributed by atoms with van der Waals surface area (Å²) in [5.41, 5.74) is 1.78. The molecule has 1 aromatic rings. The van der Waals surface area contributed by atoms with Crippen molar-refractivity contribution in [3.63, 3.8) is 0 Å². The van der Waals surface area contributed by atoms with Gasteiger partial charge in [-0.3, -0.25) is 4.79 Å². The fraction of sp³-hybridized carbons (Fsp3) is 0.462. The Labute approximate surface area is 110 Å². The Kier molecular flexibility index (Phi) is 3.84. The number of benzene rings is 1. The highest BCUT2D eigenvalue weighted by Gasteiger charge is 2.23. The molecule has 1 aliphatic rings. The Balaban J connectivity index is 2.21. The van der Waals surface area contributed by atoms with Gasteiger partial charge in [0.15, 0.2) is 0 Å². The van der Waals surface area contributed by atoms with E-state index in [1.165, 1.54) is 0 Å². The van der Waals surface area contributed by atoms with Crippen molar-refractivity contribution in [2.45, 2.75) is 20.0 Å². The lowest BCUT2D eigenvalue weighted by molar-refractivity contribution is -0.0124. The van der Waals surface area contributed by atoms with Gasteiger partial charge in [0.2, 0.25) is 0 Å². The van der Waals surface area contributed by atoms with E-state index < -0.39 is 0 Å². The molecule has 0 saturated carbocycles. The highest BCUT2D eigenvalue weighted by molar-refractivity contribution is 9.10. The number of ether oxygens (including phenoxy) is 1. The number of aryl methyl sites for hydroxylation is 1. The lowest BCUT2D eigenvalue weighted by Gasteiger charge is -2.31. The van der Waals surface area contributed by atoms with Gasteiger partial charge in [-0.15, -0.1) is 0 Å². The summed E-state index contributed by atoms with van der Waals surface area (Å²) in [7, 11) is 0. The molecule has 17 heavy (non-hydrogen) atoms. The molecule has 0 bridgehead atoms. The van der Waals surface area contributed by atoms with Crippen LogP contribution in [0.3, 0.4) is 0 Å². The zero-order valence-corrected chi connectivity index (χ0v) is 11.7. The van der Waals surface area contributed by atoms with E-state index in [0.717, 1.165) is 15.6 Å². The number of hydrogen-bond acceptors (Lipinski definition) is 2. The summed E-state index contributed by atoms with van der Waals surface area (Å²) < 4.78 is 6.38.